The van der Waals surface area contributed by atoms with Gasteiger partial charge in [-0.25, -0.2) is 0 Å². The quantitative estimate of drug-likeness (QED) is 0.848. The van der Waals surface area contributed by atoms with Crippen molar-refractivity contribution in [3.05, 3.63) is 64.1 Å². The highest BCUT2D eigenvalue weighted by Gasteiger charge is 2.24. The molecule has 0 fully saturated rings. The van der Waals surface area contributed by atoms with Gasteiger partial charge in [0.1, 0.15) is 6.17 Å². The van der Waals surface area contributed by atoms with Crippen molar-refractivity contribution < 1.29 is 4.79 Å². The van der Waals surface area contributed by atoms with Crippen LogP contribution >= 0.6 is 15.9 Å². The number of hydrogen-bond donors (Lipinski definition) is 2. The van der Waals surface area contributed by atoms with E-state index in [4.69, 9.17) is 0 Å². The Balaban J connectivity index is 2.00. The van der Waals surface area contributed by atoms with Crippen LogP contribution in [0.3, 0.4) is 0 Å². The van der Waals surface area contributed by atoms with Gasteiger partial charge in [0.25, 0.3) is 5.91 Å². The van der Waals surface area contributed by atoms with Gasteiger partial charge in [-0.2, -0.15) is 0 Å². The molecule has 1 aliphatic heterocycles. The highest BCUT2D eigenvalue weighted by molar-refractivity contribution is 9.10. The van der Waals surface area contributed by atoms with E-state index in [1.807, 2.05) is 48.5 Å². The molecule has 2 aromatic rings. The number of hydrogen-bond acceptors (Lipinski definition) is 2. The lowest BCUT2D eigenvalue weighted by molar-refractivity contribution is 0.0935. The molecule has 1 amide bonds. The molecule has 4 heteroatoms. The Hall–Kier alpha value is -1.81. The molecule has 1 aliphatic rings. The first-order chi connectivity index (χ1) is 8.75. The van der Waals surface area contributed by atoms with Crippen molar-refractivity contribution in [2.45, 2.75) is 6.17 Å². The standard InChI is InChI=1S/C14H11BrN2O/c15-11-7-3-1-5-9(11)13-16-12-8-4-2-6-10(12)14(18)17-13/h1-8,13,16H,(H,17,18)/t13-/m0/s1. The van der Waals surface area contributed by atoms with Crippen molar-refractivity contribution >= 4 is 27.5 Å². The minimum Gasteiger partial charge on any atom is -0.361 e. The summed E-state index contributed by atoms with van der Waals surface area (Å²) in [7, 11) is 0. The zero-order chi connectivity index (χ0) is 12.5. The molecular formula is C14H11BrN2O. The third-order valence-electron chi connectivity index (χ3n) is 2.96. The zero-order valence-electron chi connectivity index (χ0n) is 9.48. The first-order valence-corrected chi connectivity index (χ1v) is 6.46. The lowest BCUT2D eigenvalue weighted by Crippen LogP contribution is -2.38. The molecule has 18 heavy (non-hydrogen) atoms. The second-order valence-corrected chi connectivity index (χ2v) is 4.97. The monoisotopic (exact) mass is 302 g/mol. The van der Waals surface area contributed by atoms with Crippen LogP contribution in [-0.4, -0.2) is 5.91 Å². The summed E-state index contributed by atoms with van der Waals surface area (Å²) < 4.78 is 0.974. The maximum atomic E-state index is 12.0. The van der Waals surface area contributed by atoms with Crippen LogP contribution in [0, 0.1) is 0 Å². The molecule has 0 unspecified atom stereocenters. The molecule has 2 aromatic carbocycles. The highest BCUT2D eigenvalue weighted by Crippen LogP contribution is 2.29. The van der Waals surface area contributed by atoms with Crippen molar-refractivity contribution in [2.75, 3.05) is 5.32 Å². The van der Waals surface area contributed by atoms with Crippen molar-refractivity contribution in [3.63, 3.8) is 0 Å². The molecule has 0 aliphatic carbocycles. The summed E-state index contributed by atoms with van der Waals surface area (Å²) >= 11 is 3.50. The number of halogens is 1. The van der Waals surface area contributed by atoms with Crippen molar-refractivity contribution in [1.29, 1.82) is 0 Å². The Morgan fingerprint density at radius 2 is 1.67 bits per heavy atom. The lowest BCUT2D eigenvalue weighted by atomic mass is 10.1. The van der Waals surface area contributed by atoms with Crippen molar-refractivity contribution in [1.82, 2.24) is 5.32 Å². The summed E-state index contributed by atoms with van der Waals surface area (Å²) in [5, 5.41) is 6.27. The molecule has 0 saturated carbocycles. The minimum absolute atomic E-state index is 0.0508. The predicted octanol–water partition coefficient (Wildman–Crippen LogP) is 3.30. The van der Waals surface area contributed by atoms with Gasteiger partial charge in [-0.1, -0.05) is 46.3 Å². The Labute approximate surface area is 113 Å². The first kappa shape index (κ1) is 11.3. The molecule has 3 nitrogen and oxygen atoms in total. The van der Waals surface area contributed by atoms with Crippen molar-refractivity contribution in [2.24, 2.45) is 0 Å². The first-order valence-electron chi connectivity index (χ1n) is 5.66. The minimum atomic E-state index is -0.206. The highest BCUT2D eigenvalue weighted by atomic mass is 79.9. The van der Waals surface area contributed by atoms with Crippen LogP contribution in [0.5, 0.6) is 0 Å². The van der Waals surface area contributed by atoms with E-state index in [1.165, 1.54) is 0 Å². The van der Waals surface area contributed by atoms with Crippen LogP contribution in [-0.2, 0) is 0 Å². The summed E-state index contributed by atoms with van der Waals surface area (Å²) in [4.78, 5) is 12.0. The molecule has 0 saturated heterocycles. The molecule has 90 valence electrons. The van der Waals surface area contributed by atoms with Gasteiger partial charge in [-0.05, 0) is 18.2 Å². The topological polar surface area (TPSA) is 41.1 Å². The second-order valence-electron chi connectivity index (χ2n) is 4.12. The van der Waals surface area contributed by atoms with Gasteiger partial charge >= 0.3 is 0 Å². The Bertz CT molecular complexity index is 612. The smallest absolute Gasteiger partial charge is 0.255 e. The van der Waals surface area contributed by atoms with E-state index in [0.717, 1.165) is 15.7 Å². The van der Waals surface area contributed by atoms with Crippen LogP contribution < -0.4 is 10.6 Å². The van der Waals surface area contributed by atoms with E-state index in [9.17, 15) is 4.79 Å². The molecule has 0 spiro atoms. The Kier molecular flexibility index (Phi) is 2.80. The van der Waals surface area contributed by atoms with Crippen molar-refractivity contribution in [3.8, 4) is 0 Å². The third kappa shape index (κ3) is 1.88. The number of fused-ring (bicyclic) bond motifs is 1. The van der Waals surface area contributed by atoms with E-state index in [-0.39, 0.29) is 12.1 Å². The summed E-state index contributed by atoms with van der Waals surface area (Å²) in [6, 6.07) is 15.4. The zero-order valence-corrected chi connectivity index (χ0v) is 11.1. The summed E-state index contributed by atoms with van der Waals surface area (Å²) in [5.74, 6) is -0.0508. The van der Waals surface area contributed by atoms with Crippen LogP contribution in [0.2, 0.25) is 0 Å². The molecular weight excluding hydrogens is 292 g/mol. The fraction of sp³-hybridized carbons (Fsp3) is 0.0714. The molecule has 2 N–H and O–H groups in total. The maximum absolute atomic E-state index is 12.0. The number of carbonyl (C=O) groups excluding carboxylic acids is 1. The fourth-order valence-electron chi connectivity index (χ4n) is 2.07. The molecule has 1 heterocycles. The maximum Gasteiger partial charge on any atom is 0.255 e. The molecule has 0 radical (unpaired) electrons. The van der Waals surface area contributed by atoms with Gasteiger partial charge < -0.3 is 10.6 Å². The van der Waals surface area contributed by atoms with Gasteiger partial charge in [0, 0.05) is 15.7 Å². The van der Waals surface area contributed by atoms with E-state index in [2.05, 4.69) is 26.6 Å². The summed E-state index contributed by atoms with van der Waals surface area (Å²) in [6.07, 6.45) is -0.206. The summed E-state index contributed by atoms with van der Waals surface area (Å²) in [6.45, 7) is 0. The molecule has 0 bridgehead atoms. The van der Waals surface area contributed by atoms with Crippen LogP contribution in [0.15, 0.2) is 53.0 Å². The second kappa shape index (κ2) is 4.46. The number of benzene rings is 2. The number of nitrogens with one attached hydrogen (secondary N) is 2. The largest absolute Gasteiger partial charge is 0.361 e. The van der Waals surface area contributed by atoms with Gasteiger partial charge in [0.2, 0.25) is 0 Å². The fourth-order valence-corrected chi connectivity index (χ4v) is 2.59. The van der Waals surface area contributed by atoms with E-state index in [1.54, 1.807) is 0 Å². The predicted molar refractivity (Wildman–Crippen MR) is 74.4 cm³/mol. The average molecular weight is 303 g/mol. The number of amides is 1. The van der Waals surface area contributed by atoms with Gasteiger partial charge in [0.05, 0.1) is 5.56 Å². The Morgan fingerprint density at radius 3 is 2.50 bits per heavy atom. The third-order valence-corrected chi connectivity index (χ3v) is 3.69. The normalized spacial score (nSPS) is 17.6. The van der Waals surface area contributed by atoms with Gasteiger partial charge in [0.15, 0.2) is 0 Å². The number of rotatable bonds is 1. The van der Waals surface area contributed by atoms with Gasteiger partial charge in [-0.3, -0.25) is 4.79 Å². The van der Waals surface area contributed by atoms with E-state index >= 15 is 0 Å². The lowest BCUT2D eigenvalue weighted by Gasteiger charge is -2.28. The average Bonchev–Trinajstić information content (AvgIpc) is 2.39. The van der Waals surface area contributed by atoms with Crippen LogP contribution in [0.1, 0.15) is 22.1 Å². The summed E-state index contributed by atoms with van der Waals surface area (Å²) in [5.41, 5.74) is 2.56. The number of anilines is 1. The van der Waals surface area contributed by atoms with Gasteiger partial charge in [-0.15, -0.1) is 0 Å². The van der Waals surface area contributed by atoms with Crippen LogP contribution in [0.25, 0.3) is 0 Å². The number of para-hydroxylation sites is 1. The molecule has 3 rings (SSSR count). The van der Waals surface area contributed by atoms with E-state index in [0.29, 0.717) is 5.56 Å². The van der Waals surface area contributed by atoms with Crippen LogP contribution in [0.4, 0.5) is 5.69 Å². The number of carbonyl (C=O) groups is 1. The Morgan fingerprint density at radius 1 is 0.944 bits per heavy atom. The molecule has 1 atom stereocenters. The molecule has 0 aromatic heterocycles. The van der Waals surface area contributed by atoms with E-state index < -0.39 is 0 Å². The SMILES string of the molecule is O=C1N[C@@H](c2ccccc2Br)Nc2ccccc21.